The lowest BCUT2D eigenvalue weighted by atomic mass is 9.99. The molecule has 0 radical (unpaired) electrons. The molecule has 1 fully saturated rings. The highest BCUT2D eigenvalue weighted by atomic mass is 32.1. The lowest BCUT2D eigenvalue weighted by Crippen LogP contribution is -2.25. The summed E-state index contributed by atoms with van der Waals surface area (Å²) in [6.45, 7) is 11.9. The van der Waals surface area contributed by atoms with E-state index in [1.807, 2.05) is 20.0 Å². The van der Waals surface area contributed by atoms with Crippen molar-refractivity contribution in [2.75, 3.05) is 26.8 Å². The Morgan fingerprint density at radius 2 is 2.00 bits per heavy atom. The fourth-order valence-electron chi connectivity index (χ4n) is 4.68. The van der Waals surface area contributed by atoms with E-state index in [4.69, 9.17) is 19.4 Å². The van der Waals surface area contributed by atoms with Crippen LogP contribution >= 0.6 is 13.5 Å². The van der Waals surface area contributed by atoms with Crippen molar-refractivity contribution in [3.05, 3.63) is 47.0 Å². The lowest BCUT2D eigenvalue weighted by Gasteiger charge is -2.24. The Balaban J connectivity index is 0.00000306. The van der Waals surface area contributed by atoms with Gasteiger partial charge in [0.05, 0.1) is 7.11 Å². The summed E-state index contributed by atoms with van der Waals surface area (Å²) in [5.41, 5.74) is 5.39. The third-order valence-electron chi connectivity index (χ3n) is 6.44. The molecule has 3 aromatic rings. The van der Waals surface area contributed by atoms with Crippen LogP contribution in [0.15, 0.2) is 24.4 Å². The summed E-state index contributed by atoms with van der Waals surface area (Å²) in [6, 6.07) is 6.75. The average molecular weight is 472 g/mol. The molecule has 0 aliphatic carbocycles. The van der Waals surface area contributed by atoms with Crippen LogP contribution in [0.4, 0.5) is 0 Å². The SMILES string of the molecule is CCCOCn1c(C)nc2cc(C(C)N3CC[C@H](Cc4cc(C)nc(OC)c4)C3)cnc21.S. The normalized spacial score (nSPS) is 17.3. The summed E-state index contributed by atoms with van der Waals surface area (Å²) < 4.78 is 13.1. The van der Waals surface area contributed by atoms with Crippen LogP contribution in [-0.2, 0) is 17.9 Å². The molecule has 0 bridgehead atoms. The molecular weight excluding hydrogens is 434 g/mol. The van der Waals surface area contributed by atoms with Crippen molar-refractivity contribution >= 4 is 24.7 Å². The number of methoxy groups -OCH3 is 1. The number of aryl methyl sites for hydroxylation is 2. The Bertz CT molecular complexity index is 1070. The van der Waals surface area contributed by atoms with Crippen molar-refractivity contribution in [1.82, 2.24) is 24.4 Å². The molecule has 1 aliphatic rings. The number of rotatable bonds is 9. The highest BCUT2D eigenvalue weighted by Gasteiger charge is 2.27. The van der Waals surface area contributed by atoms with Crippen molar-refractivity contribution in [3.63, 3.8) is 0 Å². The molecule has 8 heteroatoms. The van der Waals surface area contributed by atoms with Gasteiger partial charge in [-0.1, -0.05) is 6.92 Å². The van der Waals surface area contributed by atoms with E-state index < -0.39 is 0 Å². The van der Waals surface area contributed by atoms with Gasteiger partial charge in [0.15, 0.2) is 5.65 Å². The number of fused-ring (bicyclic) bond motifs is 1. The van der Waals surface area contributed by atoms with Gasteiger partial charge in [-0.25, -0.2) is 15.0 Å². The second kappa shape index (κ2) is 11.3. The molecule has 2 atom stereocenters. The van der Waals surface area contributed by atoms with Crippen molar-refractivity contribution in [2.45, 2.75) is 59.7 Å². The fourth-order valence-corrected chi connectivity index (χ4v) is 4.68. The largest absolute Gasteiger partial charge is 0.481 e. The quantitative estimate of drug-likeness (QED) is 0.426. The molecular formula is C25H37N5O2S. The predicted octanol–water partition coefficient (Wildman–Crippen LogP) is 4.57. The minimum atomic E-state index is 0. The van der Waals surface area contributed by atoms with Gasteiger partial charge >= 0.3 is 0 Å². The molecule has 4 rings (SSSR count). The van der Waals surface area contributed by atoms with E-state index in [1.165, 1.54) is 17.5 Å². The van der Waals surface area contributed by atoms with E-state index in [9.17, 15) is 0 Å². The third kappa shape index (κ3) is 5.86. The molecule has 4 heterocycles. The van der Waals surface area contributed by atoms with Crippen LogP contribution < -0.4 is 4.74 Å². The maximum Gasteiger partial charge on any atom is 0.213 e. The molecule has 1 saturated heterocycles. The molecule has 7 nitrogen and oxygen atoms in total. The zero-order valence-corrected chi connectivity index (χ0v) is 21.5. The summed E-state index contributed by atoms with van der Waals surface area (Å²) in [6.07, 6.45) is 5.27. The molecule has 0 amide bonds. The second-order valence-corrected chi connectivity index (χ2v) is 8.92. The molecule has 0 spiro atoms. The van der Waals surface area contributed by atoms with Gasteiger partial charge < -0.3 is 9.47 Å². The monoisotopic (exact) mass is 471 g/mol. The molecule has 0 aromatic carbocycles. The van der Waals surface area contributed by atoms with Crippen molar-refractivity contribution in [3.8, 4) is 5.88 Å². The van der Waals surface area contributed by atoms with E-state index in [0.29, 0.717) is 24.6 Å². The zero-order chi connectivity index (χ0) is 22.7. The fraction of sp³-hybridized carbons (Fsp3) is 0.560. The van der Waals surface area contributed by atoms with Gasteiger partial charge in [0, 0.05) is 37.2 Å². The van der Waals surface area contributed by atoms with E-state index in [2.05, 4.69) is 46.5 Å². The van der Waals surface area contributed by atoms with Gasteiger partial charge in [-0.05, 0) is 75.8 Å². The van der Waals surface area contributed by atoms with Crippen LogP contribution in [0.2, 0.25) is 0 Å². The maximum absolute atomic E-state index is 5.72. The number of likely N-dealkylation sites (tertiary alicyclic amines) is 1. The van der Waals surface area contributed by atoms with Crippen LogP contribution in [0, 0.1) is 19.8 Å². The van der Waals surface area contributed by atoms with Gasteiger partial charge in [-0.2, -0.15) is 13.5 Å². The number of pyridine rings is 2. The molecule has 0 saturated carbocycles. The standard InChI is InChI=1S/C25H35N5O2.H2S/c1-6-9-32-16-30-19(4)28-23-13-22(14-26-25(23)30)18(3)29-8-7-20(15-29)11-21-10-17(2)27-24(12-21)31-5;/h10,12-14,18,20H,6-9,11,15-16H2,1-5H3;1H2/t18?,20-;/m1./s1. The maximum atomic E-state index is 5.72. The number of ether oxygens (including phenoxy) is 2. The van der Waals surface area contributed by atoms with Crippen LogP contribution in [0.1, 0.15) is 55.4 Å². The van der Waals surface area contributed by atoms with Crippen molar-refractivity contribution in [2.24, 2.45) is 5.92 Å². The molecule has 3 aromatic heterocycles. The number of hydrogen-bond donors (Lipinski definition) is 0. The topological polar surface area (TPSA) is 65.3 Å². The minimum absolute atomic E-state index is 0. The van der Waals surface area contributed by atoms with Gasteiger partial charge in [-0.3, -0.25) is 9.47 Å². The summed E-state index contributed by atoms with van der Waals surface area (Å²) in [7, 11) is 1.68. The molecule has 180 valence electrons. The Kier molecular flexibility index (Phi) is 8.73. The first-order chi connectivity index (χ1) is 15.5. The summed E-state index contributed by atoms with van der Waals surface area (Å²) in [5.74, 6) is 2.29. The Morgan fingerprint density at radius 1 is 1.18 bits per heavy atom. The van der Waals surface area contributed by atoms with Gasteiger partial charge in [-0.15, -0.1) is 0 Å². The summed E-state index contributed by atoms with van der Waals surface area (Å²) in [5, 5.41) is 0. The van der Waals surface area contributed by atoms with Crippen LogP contribution in [0.25, 0.3) is 11.2 Å². The van der Waals surface area contributed by atoms with Gasteiger partial charge in [0.25, 0.3) is 0 Å². The van der Waals surface area contributed by atoms with Crippen molar-refractivity contribution < 1.29 is 9.47 Å². The Hall–Kier alpha value is -2.16. The van der Waals surface area contributed by atoms with Crippen LogP contribution in [0.3, 0.4) is 0 Å². The first-order valence-corrected chi connectivity index (χ1v) is 11.6. The van der Waals surface area contributed by atoms with Gasteiger partial charge in [0.1, 0.15) is 18.1 Å². The number of hydrogen-bond acceptors (Lipinski definition) is 6. The predicted molar refractivity (Wildman–Crippen MR) is 136 cm³/mol. The molecule has 33 heavy (non-hydrogen) atoms. The Morgan fingerprint density at radius 3 is 2.76 bits per heavy atom. The summed E-state index contributed by atoms with van der Waals surface area (Å²) in [4.78, 5) is 16.5. The van der Waals surface area contributed by atoms with Crippen LogP contribution in [-0.4, -0.2) is 51.2 Å². The zero-order valence-electron chi connectivity index (χ0n) is 20.5. The van der Waals surface area contributed by atoms with E-state index in [-0.39, 0.29) is 13.5 Å². The first kappa shape index (κ1) is 25.5. The smallest absolute Gasteiger partial charge is 0.213 e. The van der Waals surface area contributed by atoms with Crippen molar-refractivity contribution in [1.29, 1.82) is 0 Å². The van der Waals surface area contributed by atoms with Gasteiger partial charge in [0.2, 0.25) is 5.88 Å². The third-order valence-corrected chi connectivity index (χ3v) is 6.44. The Labute approximate surface area is 204 Å². The lowest BCUT2D eigenvalue weighted by molar-refractivity contribution is 0.0784. The second-order valence-electron chi connectivity index (χ2n) is 8.92. The van der Waals surface area contributed by atoms with E-state index in [0.717, 1.165) is 55.2 Å². The number of imidazole rings is 1. The molecule has 1 unspecified atom stereocenters. The molecule has 0 N–H and O–H groups in total. The van der Waals surface area contributed by atoms with E-state index >= 15 is 0 Å². The highest BCUT2D eigenvalue weighted by molar-refractivity contribution is 7.59. The van der Waals surface area contributed by atoms with Crippen LogP contribution in [0.5, 0.6) is 5.88 Å². The minimum Gasteiger partial charge on any atom is -0.481 e. The number of nitrogens with zero attached hydrogens (tertiary/aromatic N) is 5. The summed E-state index contributed by atoms with van der Waals surface area (Å²) >= 11 is 0. The molecule has 1 aliphatic heterocycles. The first-order valence-electron chi connectivity index (χ1n) is 11.6. The highest BCUT2D eigenvalue weighted by Crippen LogP contribution is 2.30. The average Bonchev–Trinajstić information content (AvgIpc) is 3.36. The number of aromatic nitrogens is 4. The van der Waals surface area contributed by atoms with E-state index in [1.54, 1.807) is 7.11 Å².